The topological polar surface area (TPSA) is 0 Å². The van der Waals surface area contributed by atoms with Crippen LogP contribution in [0.5, 0.6) is 0 Å². The number of hydrogen-bond acceptors (Lipinski definition) is 0. The van der Waals surface area contributed by atoms with Gasteiger partial charge in [0.2, 0.25) is 0 Å². The molecule has 0 heterocycles. The Labute approximate surface area is 101 Å². The first-order chi connectivity index (χ1) is 6.83. The number of halogens is 2. The molecule has 0 N–H and O–H groups in total. The van der Waals surface area contributed by atoms with Crippen molar-refractivity contribution in [3.63, 3.8) is 0 Å². The Morgan fingerprint density at radius 3 is 2.43 bits per heavy atom. The van der Waals surface area contributed by atoms with E-state index in [9.17, 15) is 0 Å². The van der Waals surface area contributed by atoms with Crippen LogP contribution < -0.4 is 0 Å². The zero-order chi connectivity index (χ0) is 9.97. The van der Waals surface area contributed by atoms with Gasteiger partial charge in [0.25, 0.3) is 0 Å². The minimum absolute atomic E-state index is 1.01. The van der Waals surface area contributed by atoms with Gasteiger partial charge in [-0.05, 0) is 28.8 Å². The second kappa shape index (κ2) is 4.45. The number of alkyl halides is 1. The van der Waals surface area contributed by atoms with Crippen LogP contribution in [0.1, 0.15) is 5.56 Å². The Morgan fingerprint density at radius 2 is 1.64 bits per heavy atom. The summed E-state index contributed by atoms with van der Waals surface area (Å²) in [5.74, 6) is 0. The lowest BCUT2D eigenvalue weighted by molar-refractivity contribution is 1.19. The summed E-state index contributed by atoms with van der Waals surface area (Å²) in [5.41, 5.74) is 1.40. The van der Waals surface area contributed by atoms with Crippen molar-refractivity contribution in [1.82, 2.24) is 0 Å². The third-order valence-electron chi connectivity index (χ3n) is 2.32. The molecule has 0 saturated carbocycles. The van der Waals surface area contributed by atoms with Crippen molar-refractivity contribution >= 4 is 42.6 Å². The molecule has 0 atom stereocenters. The summed E-state index contributed by atoms with van der Waals surface area (Å²) in [7, 11) is 0. The van der Waals surface area contributed by atoms with Gasteiger partial charge in [-0.1, -0.05) is 62.2 Å². The quantitative estimate of drug-likeness (QED) is 0.714. The van der Waals surface area contributed by atoms with Crippen LogP contribution in [0.3, 0.4) is 0 Å². The van der Waals surface area contributed by atoms with Crippen LogP contribution in [-0.4, -0.2) is 5.33 Å². The van der Waals surface area contributed by atoms with E-state index in [0.717, 1.165) is 11.8 Å². The number of hydrogen-bond donors (Lipinski definition) is 0. The molecule has 2 rings (SSSR count). The molecule has 0 aliphatic rings. The summed E-state index contributed by atoms with van der Waals surface area (Å²) in [4.78, 5) is 0. The molecule has 0 radical (unpaired) electrons. The van der Waals surface area contributed by atoms with Gasteiger partial charge in [0, 0.05) is 9.80 Å². The van der Waals surface area contributed by atoms with Gasteiger partial charge in [-0.3, -0.25) is 0 Å². The Bertz CT molecular complexity index is 449. The van der Waals surface area contributed by atoms with Crippen LogP contribution >= 0.6 is 31.9 Å². The Balaban J connectivity index is 2.68. The van der Waals surface area contributed by atoms with E-state index in [1.54, 1.807) is 0 Å². The van der Waals surface area contributed by atoms with Gasteiger partial charge in [-0.2, -0.15) is 0 Å². The summed E-state index contributed by atoms with van der Waals surface area (Å²) in [5, 5.41) is 3.66. The lowest BCUT2D eigenvalue weighted by Gasteiger charge is -2.05. The highest BCUT2D eigenvalue weighted by atomic mass is 79.9. The Morgan fingerprint density at radius 1 is 0.929 bits per heavy atom. The molecule has 0 nitrogen and oxygen atoms in total. The third-order valence-corrected chi connectivity index (χ3v) is 3.41. The van der Waals surface area contributed by atoms with Crippen molar-refractivity contribution in [2.24, 2.45) is 0 Å². The monoisotopic (exact) mass is 312 g/mol. The van der Waals surface area contributed by atoms with Crippen LogP contribution in [0.4, 0.5) is 0 Å². The lowest BCUT2D eigenvalue weighted by atomic mass is 10.0. The van der Waals surface area contributed by atoms with Gasteiger partial charge in [0.05, 0.1) is 0 Å². The zero-order valence-corrected chi connectivity index (χ0v) is 10.8. The number of aryl methyl sites for hydroxylation is 1. The molecule has 0 spiro atoms. The standard InChI is InChI=1S/C12H10Br2/c13-8-7-9-3-1-5-11-10(9)4-2-6-12(11)14/h1-6H,7-8H2. The fourth-order valence-corrected chi connectivity index (χ4v) is 2.58. The van der Waals surface area contributed by atoms with E-state index in [1.807, 2.05) is 0 Å². The van der Waals surface area contributed by atoms with Crippen molar-refractivity contribution < 1.29 is 0 Å². The number of benzene rings is 2. The van der Waals surface area contributed by atoms with Crippen LogP contribution in [-0.2, 0) is 6.42 Å². The van der Waals surface area contributed by atoms with Crippen molar-refractivity contribution in [2.45, 2.75) is 6.42 Å². The van der Waals surface area contributed by atoms with E-state index in [2.05, 4.69) is 68.3 Å². The maximum absolute atomic E-state index is 3.57. The molecule has 0 aliphatic carbocycles. The van der Waals surface area contributed by atoms with Crippen LogP contribution in [0, 0.1) is 0 Å². The maximum atomic E-state index is 3.57. The number of rotatable bonds is 2. The summed E-state index contributed by atoms with van der Waals surface area (Å²) < 4.78 is 1.17. The van der Waals surface area contributed by atoms with E-state index in [1.165, 1.54) is 20.8 Å². The molecule has 0 unspecified atom stereocenters. The smallest absolute Gasteiger partial charge is 0.0253 e. The SMILES string of the molecule is BrCCc1cccc2c(Br)cccc12. The molecule has 0 fully saturated rings. The van der Waals surface area contributed by atoms with Crippen LogP contribution in [0.25, 0.3) is 10.8 Å². The van der Waals surface area contributed by atoms with E-state index in [-0.39, 0.29) is 0 Å². The van der Waals surface area contributed by atoms with Gasteiger partial charge in [0.15, 0.2) is 0 Å². The van der Waals surface area contributed by atoms with Crippen molar-refractivity contribution in [1.29, 1.82) is 0 Å². The average molecular weight is 314 g/mol. The van der Waals surface area contributed by atoms with Crippen molar-refractivity contribution in [2.75, 3.05) is 5.33 Å². The van der Waals surface area contributed by atoms with Crippen molar-refractivity contribution in [3.05, 3.63) is 46.4 Å². The molecular weight excluding hydrogens is 304 g/mol. The average Bonchev–Trinajstić information content (AvgIpc) is 2.20. The van der Waals surface area contributed by atoms with Gasteiger partial charge in [0.1, 0.15) is 0 Å². The number of fused-ring (bicyclic) bond motifs is 1. The molecule has 2 heteroatoms. The molecule has 0 saturated heterocycles. The minimum atomic E-state index is 1.01. The third kappa shape index (κ3) is 1.86. The van der Waals surface area contributed by atoms with Gasteiger partial charge in [-0.15, -0.1) is 0 Å². The van der Waals surface area contributed by atoms with Gasteiger partial charge >= 0.3 is 0 Å². The predicted octanol–water partition coefficient (Wildman–Crippen LogP) is 4.54. The zero-order valence-electron chi connectivity index (χ0n) is 7.63. The lowest BCUT2D eigenvalue weighted by Crippen LogP contribution is -1.87. The molecule has 0 bridgehead atoms. The second-order valence-corrected chi connectivity index (χ2v) is 4.84. The molecule has 0 aromatic heterocycles. The summed E-state index contributed by atoms with van der Waals surface area (Å²) >= 11 is 7.05. The van der Waals surface area contributed by atoms with Crippen LogP contribution in [0.2, 0.25) is 0 Å². The van der Waals surface area contributed by atoms with E-state index < -0.39 is 0 Å². The normalized spacial score (nSPS) is 10.7. The first-order valence-electron chi connectivity index (χ1n) is 4.55. The summed E-state index contributed by atoms with van der Waals surface area (Å²) in [6, 6.07) is 12.8. The molecule has 0 aliphatic heterocycles. The van der Waals surface area contributed by atoms with Crippen molar-refractivity contribution in [3.8, 4) is 0 Å². The fourth-order valence-electron chi connectivity index (χ4n) is 1.66. The summed E-state index contributed by atoms with van der Waals surface area (Å²) in [6.45, 7) is 0. The predicted molar refractivity (Wildman–Crippen MR) is 69.1 cm³/mol. The second-order valence-electron chi connectivity index (χ2n) is 3.19. The molecule has 2 aromatic rings. The van der Waals surface area contributed by atoms with E-state index in [0.29, 0.717) is 0 Å². The Hall–Kier alpha value is -0.340. The molecule has 72 valence electrons. The highest BCUT2D eigenvalue weighted by molar-refractivity contribution is 9.10. The van der Waals surface area contributed by atoms with Gasteiger partial charge < -0.3 is 0 Å². The van der Waals surface area contributed by atoms with Crippen LogP contribution in [0.15, 0.2) is 40.9 Å². The first-order valence-corrected chi connectivity index (χ1v) is 6.46. The maximum Gasteiger partial charge on any atom is 0.0253 e. The molecule has 2 aromatic carbocycles. The molecular formula is C12H10Br2. The highest BCUT2D eigenvalue weighted by Crippen LogP contribution is 2.26. The van der Waals surface area contributed by atoms with Gasteiger partial charge in [-0.25, -0.2) is 0 Å². The minimum Gasteiger partial charge on any atom is -0.0924 e. The fraction of sp³-hybridized carbons (Fsp3) is 0.167. The Kier molecular flexibility index (Phi) is 3.24. The largest absolute Gasteiger partial charge is 0.0924 e. The summed E-state index contributed by atoms with van der Waals surface area (Å²) in [6.07, 6.45) is 1.08. The van der Waals surface area contributed by atoms with E-state index in [4.69, 9.17) is 0 Å². The first kappa shape index (κ1) is 10.2. The van der Waals surface area contributed by atoms with E-state index >= 15 is 0 Å². The molecule has 14 heavy (non-hydrogen) atoms. The highest BCUT2D eigenvalue weighted by Gasteiger charge is 2.01. The molecule has 0 amide bonds.